The number of hydrogen-bond donors (Lipinski definition) is 0. The first-order valence-corrected chi connectivity index (χ1v) is 16.8. The summed E-state index contributed by atoms with van der Waals surface area (Å²) < 4.78 is 14.6. The number of benzene rings is 6. The molecule has 5 aromatic heterocycles. The number of pyridine rings is 1. The molecule has 0 amide bonds. The highest BCUT2D eigenvalue weighted by Gasteiger charge is 2.19. The second kappa shape index (κ2) is 10.7. The summed E-state index contributed by atoms with van der Waals surface area (Å²) in [4.78, 5) is 19.9. The van der Waals surface area contributed by atoms with E-state index in [0.717, 1.165) is 87.9 Å². The average molecular weight is 656 g/mol. The maximum absolute atomic E-state index is 6.28. The number of rotatable bonds is 4. The Hall–Kier alpha value is -7.12. The molecule has 11 aromatic rings. The zero-order chi connectivity index (χ0) is 33.5. The van der Waals surface area contributed by atoms with Crippen LogP contribution in [0.1, 0.15) is 0 Å². The van der Waals surface area contributed by atoms with Gasteiger partial charge in [0.05, 0.1) is 11.0 Å². The van der Waals surface area contributed by atoms with Crippen LogP contribution in [0.4, 0.5) is 0 Å². The summed E-state index contributed by atoms with van der Waals surface area (Å²) in [5, 5.41) is 6.41. The van der Waals surface area contributed by atoms with E-state index >= 15 is 0 Å². The van der Waals surface area contributed by atoms with Gasteiger partial charge in [0.2, 0.25) is 5.95 Å². The first-order chi connectivity index (χ1) is 25.3. The van der Waals surface area contributed by atoms with Gasteiger partial charge in [-0.25, -0.2) is 4.98 Å². The van der Waals surface area contributed by atoms with Crippen LogP contribution in [0.2, 0.25) is 0 Å². The topological polar surface area (TPSA) is 82.8 Å². The monoisotopic (exact) mass is 655 g/mol. The lowest BCUT2D eigenvalue weighted by atomic mass is 9.98. The largest absolute Gasteiger partial charge is 0.456 e. The van der Waals surface area contributed by atoms with Gasteiger partial charge < -0.3 is 8.83 Å². The molecule has 0 aliphatic carbocycles. The number of nitrogens with zero attached hydrogens (tertiary/aromatic N) is 5. The van der Waals surface area contributed by atoms with E-state index in [1.54, 1.807) is 6.20 Å². The third kappa shape index (κ3) is 4.25. The van der Waals surface area contributed by atoms with Crippen molar-refractivity contribution in [3.05, 3.63) is 152 Å². The molecule has 51 heavy (non-hydrogen) atoms. The van der Waals surface area contributed by atoms with Gasteiger partial charge in [0.25, 0.3) is 0 Å². The normalized spacial score (nSPS) is 11.9. The zero-order valence-corrected chi connectivity index (χ0v) is 27.0. The van der Waals surface area contributed by atoms with Gasteiger partial charge in [-0.1, -0.05) is 91.0 Å². The van der Waals surface area contributed by atoms with Crippen molar-refractivity contribution in [3.63, 3.8) is 0 Å². The van der Waals surface area contributed by atoms with Crippen LogP contribution in [-0.4, -0.2) is 24.5 Å². The van der Waals surface area contributed by atoms with E-state index < -0.39 is 0 Å². The standard InChI is InChI=1S/C44H25N5O2/c1-4-15-35-30(11-1)31-12-2-5-16-36(31)49(35)44-47-42(46-43(48-44)28-19-20-33-32-13-3-6-17-37(32)51-40(33)24-28)27-10-7-9-26(23-27)29-14-8-18-39-41(29)34-25-45-22-21-38(34)50-39/h1-25H. The summed E-state index contributed by atoms with van der Waals surface area (Å²) in [7, 11) is 0. The Morgan fingerprint density at radius 2 is 1.06 bits per heavy atom. The van der Waals surface area contributed by atoms with Crippen LogP contribution in [0, 0.1) is 0 Å². The number of hydrogen-bond acceptors (Lipinski definition) is 6. The minimum atomic E-state index is 0.538. The van der Waals surface area contributed by atoms with Gasteiger partial charge in [0.15, 0.2) is 11.6 Å². The number of para-hydroxylation sites is 3. The number of furan rings is 2. The van der Waals surface area contributed by atoms with Crippen LogP contribution in [0.25, 0.3) is 106 Å². The summed E-state index contributed by atoms with van der Waals surface area (Å²) in [6, 6.07) is 47.4. The molecule has 7 nitrogen and oxygen atoms in total. The van der Waals surface area contributed by atoms with E-state index in [2.05, 4.69) is 101 Å². The van der Waals surface area contributed by atoms with Crippen LogP contribution in [-0.2, 0) is 0 Å². The lowest BCUT2D eigenvalue weighted by Gasteiger charge is -2.12. The molecule has 0 unspecified atom stereocenters. The van der Waals surface area contributed by atoms with Crippen molar-refractivity contribution < 1.29 is 8.83 Å². The SMILES string of the molecule is c1cc(-c2nc(-c3ccc4c(c3)oc3ccccc34)nc(-n3c4ccccc4c4ccccc43)n2)cc(-c2cccc3oc4ccncc4c23)c1. The molecule has 0 saturated carbocycles. The number of fused-ring (bicyclic) bond motifs is 9. The molecule has 238 valence electrons. The van der Waals surface area contributed by atoms with Crippen LogP contribution in [0.5, 0.6) is 0 Å². The second-order valence-electron chi connectivity index (χ2n) is 12.7. The Balaban J connectivity index is 1.15. The van der Waals surface area contributed by atoms with Crippen LogP contribution in [0.3, 0.4) is 0 Å². The van der Waals surface area contributed by atoms with Crippen LogP contribution >= 0.6 is 0 Å². The molecule has 0 atom stereocenters. The molecule has 0 fully saturated rings. The Bertz CT molecular complexity index is 3120. The first kappa shape index (κ1) is 27.8. The zero-order valence-electron chi connectivity index (χ0n) is 27.0. The molecule has 5 heterocycles. The highest BCUT2D eigenvalue weighted by molar-refractivity contribution is 6.12. The Kier molecular flexibility index (Phi) is 5.83. The summed E-state index contributed by atoms with van der Waals surface area (Å²) in [5.74, 6) is 1.66. The van der Waals surface area contributed by atoms with Gasteiger partial charge in [-0.2, -0.15) is 9.97 Å². The molecular weight excluding hydrogens is 631 g/mol. The van der Waals surface area contributed by atoms with Crippen LogP contribution in [0.15, 0.2) is 161 Å². The van der Waals surface area contributed by atoms with Crippen molar-refractivity contribution in [2.24, 2.45) is 0 Å². The van der Waals surface area contributed by atoms with Crippen molar-refractivity contribution in [1.29, 1.82) is 0 Å². The lowest BCUT2D eigenvalue weighted by Crippen LogP contribution is -2.06. The summed E-state index contributed by atoms with van der Waals surface area (Å²) in [5.41, 5.74) is 9.08. The van der Waals surface area contributed by atoms with E-state index in [0.29, 0.717) is 17.6 Å². The third-order valence-corrected chi connectivity index (χ3v) is 9.77. The molecule has 0 bridgehead atoms. The quantitative estimate of drug-likeness (QED) is 0.188. The van der Waals surface area contributed by atoms with Crippen molar-refractivity contribution in [2.45, 2.75) is 0 Å². The highest BCUT2D eigenvalue weighted by Crippen LogP contribution is 2.38. The van der Waals surface area contributed by atoms with E-state index in [-0.39, 0.29) is 0 Å². The van der Waals surface area contributed by atoms with Crippen molar-refractivity contribution in [1.82, 2.24) is 24.5 Å². The fraction of sp³-hybridized carbons (Fsp3) is 0. The van der Waals surface area contributed by atoms with E-state index in [9.17, 15) is 0 Å². The minimum absolute atomic E-state index is 0.538. The highest BCUT2D eigenvalue weighted by atomic mass is 16.3. The van der Waals surface area contributed by atoms with Gasteiger partial charge in [0.1, 0.15) is 22.3 Å². The molecule has 0 spiro atoms. The average Bonchev–Trinajstić information content (AvgIpc) is 3.87. The maximum Gasteiger partial charge on any atom is 0.238 e. The summed E-state index contributed by atoms with van der Waals surface area (Å²) >= 11 is 0. The smallest absolute Gasteiger partial charge is 0.238 e. The second-order valence-corrected chi connectivity index (χ2v) is 12.7. The van der Waals surface area contributed by atoms with Gasteiger partial charge in [-0.15, -0.1) is 0 Å². The predicted molar refractivity (Wildman–Crippen MR) is 203 cm³/mol. The van der Waals surface area contributed by atoms with Gasteiger partial charge in [-0.05, 0) is 59.7 Å². The van der Waals surface area contributed by atoms with Gasteiger partial charge in [-0.3, -0.25) is 9.55 Å². The van der Waals surface area contributed by atoms with Crippen LogP contribution < -0.4 is 0 Å². The Morgan fingerprint density at radius 3 is 1.88 bits per heavy atom. The molecule has 0 N–H and O–H groups in total. The first-order valence-electron chi connectivity index (χ1n) is 16.8. The Labute approximate surface area is 290 Å². The number of aromatic nitrogens is 5. The van der Waals surface area contributed by atoms with Crippen molar-refractivity contribution in [3.8, 4) is 39.9 Å². The predicted octanol–water partition coefficient (Wildman–Crippen LogP) is 11.2. The van der Waals surface area contributed by atoms with E-state index in [1.165, 1.54) is 0 Å². The van der Waals surface area contributed by atoms with Crippen molar-refractivity contribution in [2.75, 3.05) is 0 Å². The molecule has 0 radical (unpaired) electrons. The van der Waals surface area contributed by atoms with Gasteiger partial charge in [0, 0.05) is 55.8 Å². The lowest BCUT2D eigenvalue weighted by molar-refractivity contribution is 0.668. The van der Waals surface area contributed by atoms with E-state index in [4.69, 9.17) is 23.8 Å². The van der Waals surface area contributed by atoms with Crippen molar-refractivity contribution >= 4 is 65.7 Å². The fourth-order valence-corrected chi connectivity index (χ4v) is 7.46. The molecule has 11 rings (SSSR count). The molecule has 0 aliphatic heterocycles. The summed E-state index contributed by atoms with van der Waals surface area (Å²) in [6.07, 6.45) is 3.62. The molecule has 7 heteroatoms. The molecule has 6 aromatic carbocycles. The van der Waals surface area contributed by atoms with E-state index in [1.807, 2.05) is 54.7 Å². The summed E-state index contributed by atoms with van der Waals surface area (Å²) in [6.45, 7) is 0. The molecular formula is C44H25N5O2. The minimum Gasteiger partial charge on any atom is -0.456 e. The van der Waals surface area contributed by atoms with Gasteiger partial charge >= 0.3 is 0 Å². The Morgan fingerprint density at radius 1 is 0.431 bits per heavy atom. The molecule has 0 saturated heterocycles. The fourth-order valence-electron chi connectivity index (χ4n) is 7.46. The third-order valence-electron chi connectivity index (χ3n) is 9.77. The maximum atomic E-state index is 6.28. The molecule has 0 aliphatic rings.